The highest BCUT2D eigenvalue weighted by atomic mass is 35.5. The summed E-state index contributed by atoms with van der Waals surface area (Å²) in [6.45, 7) is 4.32. The Kier molecular flexibility index (Phi) is 8.69. The fraction of sp³-hybridized carbons (Fsp3) is 0.632. The third-order valence-corrected chi connectivity index (χ3v) is 5.29. The van der Waals surface area contributed by atoms with Crippen LogP contribution in [0, 0.1) is 5.41 Å². The maximum atomic E-state index is 12.5. The first-order valence-electron chi connectivity index (χ1n) is 9.01. The molecule has 6 heteroatoms. The maximum Gasteiger partial charge on any atom is 0.231 e. The number of aliphatic hydroxyl groups excluding tert-OH is 1. The third-order valence-electron chi connectivity index (χ3n) is 5.29. The van der Waals surface area contributed by atoms with Crippen LogP contribution in [0.5, 0.6) is 5.75 Å². The summed E-state index contributed by atoms with van der Waals surface area (Å²) in [5, 5.41) is 12.9. The predicted molar refractivity (Wildman–Crippen MR) is 103 cm³/mol. The minimum atomic E-state index is -0.513. The summed E-state index contributed by atoms with van der Waals surface area (Å²) in [6.07, 6.45) is 4.73. The molecular formula is C19H31ClN2O3. The number of anilines is 1. The summed E-state index contributed by atoms with van der Waals surface area (Å²) < 4.78 is 5.88. The number of hydrogen-bond acceptors (Lipinski definition) is 4. The van der Waals surface area contributed by atoms with Gasteiger partial charge in [0.05, 0.1) is 11.5 Å². The monoisotopic (exact) mass is 370 g/mol. The van der Waals surface area contributed by atoms with E-state index in [1.165, 1.54) is 0 Å². The van der Waals surface area contributed by atoms with Gasteiger partial charge in [0.2, 0.25) is 5.91 Å². The second-order valence-electron chi connectivity index (χ2n) is 6.68. The van der Waals surface area contributed by atoms with Crippen LogP contribution in [-0.2, 0) is 4.79 Å². The molecular weight excluding hydrogens is 340 g/mol. The van der Waals surface area contributed by atoms with Crippen molar-refractivity contribution in [3.63, 3.8) is 0 Å². The van der Waals surface area contributed by atoms with Crippen molar-refractivity contribution in [2.24, 2.45) is 11.1 Å². The van der Waals surface area contributed by atoms with E-state index in [0.717, 1.165) is 37.1 Å². The zero-order valence-electron chi connectivity index (χ0n) is 15.2. The molecule has 0 aromatic heterocycles. The smallest absolute Gasteiger partial charge is 0.231 e. The lowest BCUT2D eigenvalue weighted by atomic mass is 9.81. The molecule has 0 spiro atoms. The van der Waals surface area contributed by atoms with E-state index in [1.807, 2.05) is 38.1 Å². The Morgan fingerprint density at radius 1 is 1.24 bits per heavy atom. The van der Waals surface area contributed by atoms with E-state index in [9.17, 15) is 9.90 Å². The van der Waals surface area contributed by atoms with Gasteiger partial charge >= 0.3 is 0 Å². The first kappa shape index (κ1) is 21.7. The van der Waals surface area contributed by atoms with Gasteiger partial charge in [-0.1, -0.05) is 20.3 Å². The lowest BCUT2D eigenvalue weighted by molar-refractivity contribution is -0.125. The van der Waals surface area contributed by atoms with Gasteiger partial charge in [-0.25, -0.2) is 0 Å². The maximum absolute atomic E-state index is 12.5. The van der Waals surface area contributed by atoms with Crippen molar-refractivity contribution in [3.05, 3.63) is 24.3 Å². The molecule has 1 saturated carbocycles. The molecule has 1 amide bonds. The van der Waals surface area contributed by atoms with Crippen molar-refractivity contribution < 1.29 is 14.6 Å². The second kappa shape index (κ2) is 10.00. The molecule has 0 radical (unpaired) electrons. The number of ether oxygens (including phenoxy) is 1. The molecule has 1 aliphatic carbocycles. The molecule has 0 aliphatic heterocycles. The number of rotatable bonds is 7. The van der Waals surface area contributed by atoms with Gasteiger partial charge in [-0.2, -0.15) is 0 Å². The first-order chi connectivity index (χ1) is 11.5. The molecule has 1 aromatic carbocycles. The first-order valence-corrected chi connectivity index (χ1v) is 9.01. The molecule has 142 valence electrons. The Morgan fingerprint density at radius 3 is 2.36 bits per heavy atom. The SMILES string of the molecule is CCC(CC)(CN)C(=O)Nc1ccc(OC2CCCCC2O)cc1.Cl. The van der Waals surface area contributed by atoms with Gasteiger partial charge in [-0.3, -0.25) is 4.79 Å². The molecule has 5 nitrogen and oxygen atoms in total. The van der Waals surface area contributed by atoms with Gasteiger partial charge < -0.3 is 20.9 Å². The Hall–Kier alpha value is -1.30. The van der Waals surface area contributed by atoms with Crippen molar-refractivity contribution in [2.45, 2.75) is 64.6 Å². The van der Waals surface area contributed by atoms with Gasteiger partial charge in [0.15, 0.2) is 0 Å². The number of carbonyl (C=O) groups excluding carboxylic acids is 1. The topological polar surface area (TPSA) is 84.6 Å². The molecule has 4 N–H and O–H groups in total. The lowest BCUT2D eigenvalue weighted by Crippen LogP contribution is -2.41. The molecule has 2 unspecified atom stereocenters. The summed E-state index contributed by atoms with van der Waals surface area (Å²) in [5.74, 6) is 0.682. The number of aliphatic hydroxyl groups is 1. The van der Waals surface area contributed by atoms with E-state index in [-0.39, 0.29) is 24.4 Å². The van der Waals surface area contributed by atoms with E-state index in [4.69, 9.17) is 10.5 Å². The third kappa shape index (κ3) is 5.33. The molecule has 1 fully saturated rings. The number of carbonyl (C=O) groups is 1. The van der Waals surface area contributed by atoms with Crippen LogP contribution < -0.4 is 15.8 Å². The number of nitrogens with one attached hydrogen (secondary N) is 1. The Morgan fingerprint density at radius 2 is 1.84 bits per heavy atom. The highest BCUT2D eigenvalue weighted by Crippen LogP contribution is 2.28. The van der Waals surface area contributed by atoms with Crippen LogP contribution >= 0.6 is 12.4 Å². The van der Waals surface area contributed by atoms with Crippen LogP contribution in [0.1, 0.15) is 52.4 Å². The van der Waals surface area contributed by atoms with Gasteiger partial charge in [0.25, 0.3) is 0 Å². The number of amides is 1. The summed E-state index contributed by atoms with van der Waals surface area (Å²) in [7, 11) is 0. The van der Waals surface area contributed by atoms with E-state index >= 15 is 0 Å². The van der Waals surface area contributed by atoms with E-state index in [0.29, 0.717) is 19.4 Å². The number of hydrogen-bond donors (Lipinski definition) is 3. The number of benzene rings is 1. The molecule has 1 aliphatic rings. The fourth-order valence-corrected chi connectivity index (χ4v) is 3.22. The highest BCUT2D eigenvalue weighted by molar-refractivity contribution is 5.95. The van der Waals surface area contributed by atoms with Crippen molar-refractivity contribution in [1.29, 1.82) is 0 Å². The van der Waals surface area contributed by atoms with E-state index < -0.39 is 11.5 Å². The largest absolute Gasteiger partial charge is 0.488 e. The Labute approximate surface area is 156 Å². The van der Waals surface area contributed by atoms with Crippen LogP contribution in [0.15, 0.2) is 24.3 Å². The van der Waals surface area contributed by atoms with Gasteiger partial charge in [0.1, 0.15) is 11.9 Å². The minimum absolute atomic E-state index is 0. The van der Waals surface area contributed by atoms with Crippen molar-refractivity contribution >= 4 is 24.0 Å². The highest BCUT2D eigenvalue weighted by Gasteiger charge is 2.33. The molecule has 2 atom stereocenters. The van der Waals surface area contributed by atoms with Crippen LogP contribution in [0.25, 0.3) is 0 Å². The zero-order valence-corrected chi connectivity index (χ0v) is 16.0. The number of halogens is 1. The number of nitrogens with two attached hydrogens (primary N) is 1. The van der Waals surface area contributed by atoms with Gasteiger partial charge in [-0.05, 0) is 56.4 Å². The van der Waals surface area contributed by atoms with Crippen LogP contribution in [0.4, 0.5) is 5.69 Å². The average molecular weight is 371 g/mol. The molecule has 1 aromatic rings. The van der Waals surface area contributed by atoms with Gasteiger partial charge in [-0.15, -0.1) is 12.4 Å². The van der Waals surface area contributed by atoms with Crippen LogP contribution in [0.2, 0.25) is 0 Å². The fourth-order valence-electron chi connectivity index (χ4n) is 3.22. The van der Waals surface area contributed by atoms with Crippen LogP contribution in [0.3, 0.4) is 0 Å². The molecule has 0 bridgehead atoms. The Balaban J connectivity index is 0.00000312. The normalized spacial score (nSPS) is 20.5. The average Bonchev–Trinajstić information content (AvgIpc) is 2.61. The standard InChI is InChI=1S/C19H30N2O3.ClH/c1-3-19(4-2,13-20)18(23)21-14-9-11-15(12-10-14)24-17-8-6-5-7-16(17)22;/h9-12,16-17,22H,3-8,13,20H2,1-2H3,(H,21,23);1H. The molecule has 2 rings (SSSR count). The quantitative estimate of drug-likeness (QED) is 0.685. The van der Waals surface area contributed by atoms with E-state index in [1.54, 1.807) is 0 Å². The molecule has 25 heavy (non-hydrogen) atoms. The summed E-state index contributed by atoms with van der Waals surface area (Å²) in [6, 6.07) is 7.32. The molecule has 0 heterocycles. The van der Waals surface area contributed by atoms with Crippen molar-refractivity contribution in [1.82, 2.24) is 0 Å². The Bertz CT molecular complexity index is 524. The minimum Gasteiger partial charge on any atom is -0.488 e. The lowest BCUT2D eigenvalue weighted by Gasteiger charge is -2.29. The van der Waals surface area contributed by atoms with Gasteiger partial charge in [0, 0.05) is 12.2 Å². The zero-order chi connectivity index (χ0) is 17.6. The van der Waals surface area contributed by atoms with Crippen LogP contribution in [-0.4, -0.2) is 29.8 Å². The van der Waals surface area contributed by atoms with Crippen molar-refractivity contribution in [3.8, 4) is 5.75 Å². The summed E-state index contributed by atoms with van der Waals surface area (Å²) in [5.41, 5.74) is 6.04. The summed E-state index contributed by atoms with van der Waals surface area (Å²) >= 11 is 0. The predicted octanol–water partition coefficient (Wildman–Crippen LogP) is 3.49. The van der Waals surface area contributed by atoms with E-state index in [2.05, 4.69) is 5.32 Å². The second-order valence-corrected chi connectivity index (χ2v) is 6.68. The molecule has 0 saturated heterocycles. The van der Waals surface area contributed by atoms with Crippen molar-refractivity contribution in [2.75, 3.05) is 11.9 Å². The summed E-state index contributed by atoms with van der Waals surface area (Å²) in [4.78, 5) is 12.5.